The predicted molar refractivity (Wildman–Crippen MR) is 71.5 cm³/mol. The van der Waals surface area contributed by atoms with Gasteiger partial charge in [0.05, 0.1) is 5.71 Å². The fourth-order valence-corrected chi connectivity index (χ4v) is 1.53. The first-order valence-corrected chi connectivity index (χ1v) is 6.02. The second-order valence-electron chi connectivity index (χ2n) is 5.35. The van der Waals surface area contributed by atoms with Crippen LogP contribution < -0.4 is 0 Å². The first-order valence-electron chi connectivity index (χ1n) is 6.02. The largest absolute Gasteiger partial charge is 0.301 e. The van der Waals surface area contributed by atoms with Gasteiger partial charge in [-0.3, -0.25) is 4.79 Å². The molecule has 0 aliphatic carbocycles. The molecule has 92 valence electrons. The molecule has 0 spiro atoms. The minimum absolute atomic E-state index is 0.0450. The summed E-state index contributed by atoms with van der Waals surface area (Å²) in [5, 5.41) is 7.93. The molecule has 2 heteroatoms. The van der Waals surface area contributed by atoms with Crippen molar-refractivity contribution in [2.24, 2.45) is 11.3 Å². The Labute approximate surface area is 104 Å². The summed E-state index contributed by atoms with van der Waals surface area (Å²) in [6.45, 7) is 7.88. The predicted octanol–water partition coefficient (Wildman–Crippen LogP) is 3.50. The summed E-state index contributed by atoms with van der Waals surface area (Å²) >= 11 is 0. The Balaban J connectivity index is 2.76. The Hall–Kier alpha value is -1.44. The summed E-state index contributed by atoms with van der Waals surface area (Å²) in [5.74, 6) is 0.197. The van der Waals surface area contributed by atoms with Crippen LogP contribution in [0.2, 0.25) is 0 Å². The van der Waals surface area contributed by atoms with Gasteiger partial charge < -0.3 is 5.41 Å². The minimum atomic E-state index is -0.453. The molecule has 0 fully saturated rings. The van der Waals surface area contributed by atoms with Gasteiger partial charge in [0.1, 0.15) is 0 Å². The standard InChI is InChI=1S/C15H21NO/c1-11(2)15(3,4)14(17)13(16)10-12-8-6-5-7-9-12/h5-9,11,16H,10H2,1-4H3. The summed E-state index contributed by atoms with van der Waals surface area (Å²) < 4.78 is 0. The Bertz CT molecular complexity index is 404. The van der Waals surface area contributed by atoms with Crippen LogP contribution in [0.1, 0.15) is 33.3 Å². The van der Waals surface area contributed by atoms with Crippen LogP contribution in [0.4, 0.5) is 0 Å². The van der Waals surface area contributed by atoms with Crippen molar-refractivity contribution in [2.45, 2.75) is 34.1 Å². The maximum atomic E-state index is 12.2. The zero-order valence-electron chi connectivity index (χ0n) is 11.1. The summed E-state index contributed by atoms with van der Waals surface area (Å²) in [5.41, 5.74) is 0.770. The van der Waals surface area contributed by atoms with Gasteiger partial charge in [-0.25, -0.2) is 0 Å². The smallest absolute Gasteiger partial charge is 0.182 e. The zero-order chi connectivity index (χ0) is 13.1. The van der Waals surface area contributed by atoms with E-state index in [0.717, 1.165) is 5.56 Å². The van der Waals surface area contributed by atoms with Crippen LogP contribution in [0.3, 0.4) is 0 Å². The number of carbonyl (C=O) groups is 1. The number of ketones is 1. The highest BCUT2D eigenvalue weighted by atomic mass is 16.1. The fraction of sp³-hybridized carbons (Fsp3) is 0.467. The molecule has 0 saturated carbocycles. The molecular formula is C15H21NO. The van der Waals surface area contributed by atoms with E-state index in [1.807, 2.05) is 58.0 Å². The lowest BCUT2D eigenvalue weighted by molar-refractivity contribution is -0.122. The van der Waals surface area contributed by atoms with Crippen LogP contribution >= 0.6 is 0 Å². The van der Waals surface area contributed by atoms with E-state index in [1.54, 1.807) is 0 Å². The van der Waals surface area contributed by atoms with Crippen molar-refractivity contribution >= 4 is 11.5 Å². The molecule has 0 heterocycles. The van der Waals surface area contributed by atoms with E-state index >= 15 is 0 Å². The molecule has 0 radical (unpaired) electrons. The quantitative estimate of drug-likeness (QED) is 0.774. The minimum Gasteiger partial charge on any atom is -0.301 e. The van der Waals surface area contributed by atoms with Crippen molar-refractivity contribution < 1.29 is 4.79 Å². The first kappa shape index (κ1) is 13.6. The zero-order valence-corrected chi connectivity index (χ0v) is 11.1. The SMILES string of the molecule is CC(C)C(C)(C)C(=O)C(=N)Cc1ccccc1. The van der Waals surface area contributed by atoms with Crippen LogP contribution in [-0.2, 0) is 11.2 Å². The lowest BCUT2D eigenvalue weighted by Crippen LogP contribution is -2.36. The Morgan fingerprint density at radius 3 is 2.24 bits per heavy atom. The van der Waals surface area contributed by atoms with Crippen molar-refractivity contribution in [1.29, 1.82) is 5.41 Å². The third-order valence-corrected chi connectivity index (χ3v) is 3.53. The number of rotatable bonds is 5. The molecule has 0 saturated heterocycles. The van der Waals surface area contributed by atoms with Crippen molar-refractivity contribution in [1.82, 2.24) is 0 Å². The third kappa shape index (κ3) is 3.26. The molecule has 0 atom stereocenters. The monoisotopic (exact) mass is 231 g/mol. The lowest BCUT2D eigenvalue weighted by Gasteiger charge is -2.27. The lowest BCUT2D eigenvalue weighted by atomic mass is 9.75. The van der Waals surface area contributed by atoms with E-state index in [-0.39, 0.29) is 17.4 Å². The Morgan fingerprint density at radius 2 is 1.76 bits per heavy atom. The molecule has 1 rings (SSSR count). The average molecular weight is 231 g/mol. The van der Waals surface area contributed by atoms with Crippen LogP contribution in [0.15, 0.2) is 30.3 Å². The number of nitrogens with one attached hydrogen (secondary N) is 1. The first-order chi connectivity index (χ1) is 7.85. The molecule has 1 N–H and O–H groups in total. The van der Waals surface area contributed by atoms with Gasteiger partial charge in [-0.15, -0.1) is 0 Å². The highest BCUT2D eigenvalue weighted by Crippen LogP contribution is 2.27. The molecule has 0 aliphatic rings. The fourth-order valence-electron chi connectivity index (χ4n) is 1.53. The van der Waals surface area contributed by atoms with Crippen molar-refractivity contribution in [2.75, 3.05) is 0 Å². The third-order valence-electron chi connectivity index (χ3n) is 3.53. The molecule has 0 aliphatic heterocycles. The molecule has 1 aromatic rings. The summed E-state index contributed by atoms with van der Waals surface area (Å²) in [6, 6.07) is 9.70. The van der Waals surface area contributed by atoms with Crippen molar-refractivity contribution in [3.8, 4) is 0 Å². The summed E-state index contributed by atoms with van der Waals surface area (Å²) in [4.78, 5) is 12.2. The van der Waals surface area contributed by atoms with E-state index in [4.69, 9.17) is 5.41 Å². The van der Waals surface area contributed by atoms with Crippen LogP contribution in [0.25, 0.3) is 0 Å². The van der Waals surface area contributed by atoms with E-state index in [2.05, 4.69) is 0 Å². The maximum Gasteiger partial charge on any atom is 0.182 e. The average Bonchev–Trinajstić information content (AvgIpc) is 2.29. The highest BCUT2D eigenvalue weighted by Gasteiger charge is 2.33. The van der Waals surface area contributed by atoms with E-state index in [1.165, 1.54) is 0 Å². The van der Waals surface area contributed by atoms with Gasteiger partial charge in [0.25, 0.3) is 0 Å². The number of carbonyl (C=O) groups excluding carboxylic acids is 1. The van der Waals surface area contributed by atoms with Crippen molar-refractivity contribution in [3.05, 3.63) is 35.9 Å². The number of hydrogen-bond acceptors (Lipinski definition) is 2. The summed E-state index contributed by atoms with van der Waals surface area (Å²) in [7, 11) is 0. The van der Waals surface area contributed by atoms with E-state index in [0.29, 0.717) is 6.42 Å². The van der Waals surface area contributed by atoms with E-state index < -0.39 is 5.41 Å². The number of Topliss-reactive ketones (excluding diaryl/α,β-unsaturated/α-hetero) is 1. The van der Waals surface area contributed by atoms with Gasteiger partial charge in [-0.05, 0) is 11.5 Å². The van der Waals surface area contributed by atoms with Crippen LogP contribution in [-0.4, -0.2) is 11.5 Å². The second kappa shape index (κ2) is 5.26. The number of benzene rings is 1. The van der Waals surface area contributed by atoms with Crippen LogP contribution in [0.5, 0.6) is 0 Å². The molecule has 0 aromatic heterocycles. The molecule has 1 aromatic carbocycles. The molecule has 0 unspecified atom stereocenters. The number of hydrogen-bond donors (Lipinski definition) is 1. The van der Waals surface area contributed by atoms with Gasteiger partial charge in [-0.1, -0.05) is 58.0 Å². The van der Waals surface area contributed by atoms with Gasteiger partial charge in [0.15, 0.2) is 5.78 Å². The second-order valence-corrected chi connectivity index (χ2v) is 5.35. The molecule has 0 amide bonds. The van der Waals surface area contributed by atoms with Gasteiger partial charge in [-0.2, -0.15) is 0 Å². The normalized spacial score (nSPS) is 11.6. The van der Waals surface area contributed by atoms with Crippen molar-refractivity contribution in [3.63, 3.8) is 0 Å². The topological polar surface area (TPSA) is 40.9 Å². The van der Waals surface area contributed by atoms with Crippen LogP contribution in [0, 0.1) is 16.7 Å². The van der Waals surface area contributed by atoms with E-state index in [9.17, 15) is 4.79 Å². The molecule has 0 bridgehead atoms. The maximum absolute atomic E-state index is 12.2. The summed E-state index contributed by atoms with van der Waals surface area (Å²) in [6.07, 6.45) is 0.426. The highest BCUT2D eigenvalue weighted by molar-refractivity contribution is 6.40. The van der Waals surface area contributed by atoms with Gasteiger partial charge in [0.2, 0.25) is 0 Å². The Morgan fingerprint density at radius 1 is 1.24 bits per heavy atom. The van der Waals surface area contributed by atoms with Gasteiger partial charge >= 0.3 is 0 Å². The molecular weight excluding hydrogens is 210 g/mol. The molecule has 2 nitrogen and oxygen atoms in total. The molecule has 17 heavy (non-hydrogen) atoms. The van der Waals surface area contributed by atoms with Gasteiger partial charge in [0, 0.05) is 11.8 Å². The Kier molecular flexibility index (Phi) is 4.22.